The molecule has 0 radical (unpaired) electrons. The molecule has 0 amide bonds. The third-order valence-corrected chi connectivity index (χ3v) is 1.04. The van der Waals surface area contributed by atoms with Crippen molar-refractivity contribution in [3.05, 3.63) is 0 Å². The van der Waals surface area contributed by atoms with Crippen molar-refractivity contribution >= 4 is 5.90 Å². The molecule has 0 aromatic carbocycles. The summed E-state index contributed by atoms with van der Waals surface area (Å²) in [5.74, 6) is 1.02. The molecule has 0 spiro atoms. The standard InChI is InChI=1S/C6H14NO/c1-5-6(8-4)7(2)3/h5H2,1-4H3/q+1. The Balaban J connectivity index is 3.86. The first-order valence-electron chi connectivity index (χ1n) is 2.79. The van der Waals surface area contributed by atoms with Crippen molar-refractivity contribution in [3.8, 4) is 0 Å². The van der Waals surface area contributed by atoms with Crippen molar-refractivity contribution < 1.29 is 9.31 Å². The Kier molecular flexibility index (Phi) is 3.24. The fraction of sp³-hybridized carbons (Fsp3) is 0.833. The summed E-state index contributed by atoms with van der Waals surface area (Å²) < 4.78 is 6.98. The van der Waals surface area contributed by atoms with Gasteiger partial charge in [0.25, 0.3) is 0 Å². The van der Waals surface area contributed by atoms with Gasteiger partial charge in [-0.2, -0.15) is 0 Å². The Hall–Kier alpha value is -0.530. The second-order valence-corrected chi connectivity index (χ2v) is 1.85. The molecule has 0 saturated carbocycles. The molecule has 0 heterocycles. The maximum absolute atomic E-state index is 5.00. The van der Waals surface area contributed by atoms with Crippen LogP contribution in [0.5, 0.6) is 0 Å². The molecule has 0 aromatic rings. The Morgan fingerprint density at radius 3 is 2.00 bits per heavy atom. The fourth-order valence-electron chi connectivity index (χ4n) is 0.643. The maximum atomic E-state index is 5.00. The minimum Gasteiger partial charge on any atom is -0.451 e. The van der Waals surface area contributed by atoms with Gasteiger partial charge in [-0.1, -0.05) is 6.92 Å². The number of nitrogens with zero attached hydrogens (tertiary/aromatic N) is 1. The van der Waals surface area contributed by atoms with Crippen molar-refractivity contribution in [1.29, 1.82) is 0 Å². The first kappa shape index (κ1) is 7.47. The smallest absolute Gasteiger partial charge is 0.335 e. The third kappa shape index (κ3) is 1.96. The van der Waals surface area contributed by atoms with Crippen LogP contribution in [0.1, 0.15) is 13.3 Å². The summed E-state index contributed by atoms with van der Waals surface area (Å²) in [5.41, 5.74) is 0. The highest BCUT2D eigenvalue weighted by molar-refractivity contribution is 5.69. The van der Waals surface area contributed by atoms with Crippen molar-refractivity contribution in [2.45, 2.75) is 13.3 Å². The zero-order valence-electron chi connectivity index (χ0n) is 6.06. The summed E-state index contributed by atoms with van der Waals surface area (Å²) in [6.07, 6.45) is 0.962. The lowest BCUT2D eigenvalue weighted by atomic mass is 10.5. The number of rotatable bonds is 1. The summed E-state index contributed by atoms with van der Waals surface area (Å²) in [6.45, 7) is 2.07. The second kappa shape index (κ2) is 3.47. The van der Waals surface area contributed by atoms with Gasteiger partial charge in [0.2, 0.25) is 0 Å². The monoisotopic (exact) mass is 116 g/mol. The van der Waals surface area contributed by atoms with E-state index in [4.69, 9.17) is 4.74 Å². The molecule has 0 aliphatic rings. The van der Waals surface area contributed by atoms with Crippen LogP contribution in [0.3, 0.4) is 0 Å². The van der Waals surface area contributed by atoms with E-state index in [0.29, 0.717) is 0 Å². The molecular weight excluding hydrogens is 102 g/mol. The van der Waals surface area contributed by atoms with Crippen molar-refractivity contribution in [3.63, 3.8) is 0 Å². The van der Waals surface area contributed by atoms with Crippen molar-refractivity contribution in [1.82, 2.24) is 0 Å². The molecule has 0 aliphatic carbocycles. The zero-order chi connectivity index (χ0) is 6.57. The predicted octanol–water partition coefficient (Wildman–Crippen LogP) is 0.713. The van der Waals surface area contributed by atoms with Gasteiger partial charge < -0.3 is 4.74 Å². The summed E-state index contributed by atoms with van der Waals surface area (Å²) in [6, 6.07) is 0. The van der Waals surface area contributed by atoms with Crippen molar-refractivity contribution in [2.24, 2.45) is 0 Å². The van der Waals surface area contributed by atoms with E-state index in [-0.39, 0.29) is 0 Å². The minimum absolute atomic E-state index is 0.962. The average molecular weight is 116 g/mol. The number of hydrogen-bond acceptors (Lipinski definition) is 1. The van der Waals surface area contributed by atoms with Crippen LogP contribution < -0.4 is 0 Å². The lowest BCUT2D eigenvalue weighted by Gasteiger charge is -1.95. The third-order valence-electron chi connectivity index (χ3n) is 1.04. The van der Waals surface area contributed by atoms with Crippen LogP contribution in [-0.2, 0) is 4.74 Å². The van der Waals surface area contributed by atoms with Gasteiger partial charge in [-0.15, -0.1) is 0 Å². The second-order valence-electron chi connectivity index (χ2n) is 1.85. The van der Waals surface area contributed by atoms with E-state index in [2.05, 4.69) is 6.92 Å². The Bertz CT molecular complexity index is 86.7. The molecule has 0 rings (SSSR count). The molecule has 8 heavy (non-hydrogen) atoms. The van der Waals surface area contributed by atoms with Crippen LogP contribution in [0.4, 0.5) is 0 Å². The largest absolute Gasteiger partial charge is 0.451 e. The van der Waals surface area contributed by atoms with E-state index in [1.807, 2.05) is 18.7 Å². The molecule has 0 bridgehead atoms. The summed E-state index contributed by atoms with van der Waals surface area (Å²) in [5, 5.41) is 0. The average Bonchev–Trinajstić information content (AvgIpc) is 1.69. The van der Waals surface area contributed by atoms with E-state index in [1.54, 1.807) is 7.11 Å². The lowest BCUT2D eigenvalue weighted by Crippen LogP contribution is -2.13. The van der Waals surface area contributed by atoms with Gasteiger partial charge in [0.15, 0.2) is 0 Å². The Labute approximate surface area is 50.8 Å². The molecule has 0 unspecified atom stereocenters. The Morgan fingerprint density at radius 2 is 2.00 bits per heavy atom. The fourth-order valence-corrected chi connectivity index (χ4v) is 0.643. The first-order chi connectivity index (χ1) is 3.72. The van der Waals surface area contributed by atoms with Gasteiger partial charge in [-0.3, -0.25) is 0 Å². The quantitative estimate of drug-likeness (QED) is 0.279. The van der Waals surface area contributed by atoms with Gasteiger partial charge in [0, 0.05) is 0 Å². The molecule has 0 saturated heterocycles. The maximum Gasteiger partial charge on any atom is 0.335 e. The number of hydrogen-bond donors (Lipinski definition) is 0. The summed E-state index contributed by atoms with van der Waals surface area (Å²) in [4.78, 5) is 0. The van der Waals surface area contributed by atoms with E-state index < -0.39 is 0 Å². The highest BCUT2D eigenvalue weighted by atomic mass is 16.5. The summed E-state index contributed by atoms with van der Waals surface area (Å²) in [7, 11) is 5.64. The van der Waals surface area contributed by atoms with Crippen LogP contribution in [0, 0.1) is 0 Å². The predicted molar refractivity (Wildman–Crippen MR) is 34.4 cm³/mol. The van der Waals surface area contributed by atoms with Crippen LogP contribution >= 0.6 is 0 Å². The van der Waals surface area contributed by atoms with Gasteiger partial charge in [0.1, 0.15) is 14.1 Å². The van der Waals surface area contributed by atoms with Crippen LogP contribution in [0.25, 0.3) is 0 Å². The van der Waals surface area contributed by atoms with Gasteiger partial charge in [-0.05, 0) is 0 Å². The minimum atomic E-state index is 0.962. The summed E-state index contributed by atoms with van der Waals surface area (Å²) >= 11 is 0. The molecule has 0 atom stereocenters. The van der Waals surface area contributed by atoms with E-state index in [1.165, 1.54) is 0 Å². The normalized spacial score (nSPS) is 8.50. The molecule has 0 N–H and O–H groups in total. The molecule has 0 aromatic heterocycles. The van der Waals surface area contributed by atoms with Crippen LogP contribution in [0.2, 0.25) is 0 Å². The Morgan fingerprint density at radius 1 is 1.50 bits per heavy atom. The topological polar surface area (TPSA) is 12.2 Å². The molecular formula is C6H14NO+. The molecule has 48 valence electrons. The molecule has 2 heteroatoms. The van der Waals surface area contributed by atoms with Gasteiger partial charge in [0.05, 0.1) is 13.5 Å². The highest BCUT2D eigenvalue weighted by Crippen LogP contribution is 1.82. The van der Waals surface area contributed by atoms with E-state index in [9.17, 15) is 0 Å². The van der Waals surface area contributed by atoms with E-state index in [0.717, 1.165) is 12.3 Å². The highest BCUT2D eigenvalue weighted by Gasteiger charge is 2.00. The van der Waals surface area contributed by atoms with E-state index >= 15 is 0 Å². The zero-order valence-corrected chi connectivity index (χ0v) is 6.06. The van der Waals surface area contributed by atoms with Gasteiger partial charge in [-0.25, -0.2) is 4.58 Å². The SMILES string of the molecule is CCC(OC)=[N+](C)C. The van der Waals surface area contributed by atoms with Crippen LogP contribution in [0.15, 0.2) is 0 Å². The lowest BCUT2D eigenvalue weighted by molar-refractivity contribution is -0.475. The molecule has 0 aliphatic heterocycles. The van der Waals surface area contributed by atoms with Crippen LogP contribution in [-0.4, -0.2) is 31.7 Å². The first-order valence-corrected chi connectivity index (χ1v) is 2.79. The van der Waals surface area contributed by atoms with Gasteiger partial charge >= 0.3 is 5.90 Å². The number of ether oxygens (including phenoxy) is 1. The molecule has 2 nitrogen and oxygen atoms in total. The number of methoxy groups -OCH3 is 1. The van der Waals surface area contributed by atoms with Crippen molar-refractivity contribution in [2.75, 3.05) is 21.2 Å². The molecule has 0 fully saturated rings.